The van der Waals surface area contributed by atoms with Crippen molar-refractivity contribution in [2.45, 2.75) is 6.92 Å². The maximum absolute atomic E-state index is 11.7. The fraction of sp³-hybridized carbons (Fsp3) is 0.250. The van der Waals surface area contributed by atoms with Crippen LogP contribution in [0, 0.1) is 10.1 Å². The second-order valence-electron chi connectivity index (χ2n) is 3.90. The Morgan fingerprint density at radius 3 is 2.64 bits per heavy atom. The quantitative estimate of drug-likeness (QED) is 0.475. The SMILES string of the molecule is CCNC(=O)NC(=O)COC(=O)c1ccc(Cl)cc1[N+](=O)[O-]. The number of rotatable bonds is 5. The van der Waals surface area contributed by atoms with Gasteiger partial charge in [-0.3, -0.25) is 20.2 Å². The van der Waals surface area contributed by atoms with Crippen LogP contribution < -0.4 is 10.6 Å². The molecule has 0 aliphatic rings. The molecule has 0 unspecified atom stereocenters. The van der Waals surface area contributed by atoms with Gasteiger partial charge in [-0.25, -0.2) is 9.59 Å². The largest absolute Gasteiger partial charge is 0.452 e. The summed E-state index contributed by atoms with van der Waals surface area (Å²) in [6, 6.07) is 2.65. The van der Waals surface area contributed by atoms with Crippen molar-refractivity contribution in [3.05, 3.63) is 38.9 Å². The molecule has 22 heavy (non-hydrogen) atoms. The molecular weight excluding hydrogens is 318 g/mol. The first-order valence-corrected chi connectivity index (χ1v) is 6.41. The summed E-state index contributed by atoms with van der Waals surface area (Å²) in [7, 11) is 0. The molecule has 9 nitrogen and oxygen atoms in total. The van der Waals surface area contributed by atoms with Gasteiger partial charge in [0.2, 0.25) is 0 Å². The van der Waals surface area contributed by atoms with Gasteiger partial charge in [-0.1, -0.05) is 11.6 Å². The molecule has 3 amide bonds. The topological polar surface area (TPSA) is 128 Å². The van der Waals surface area contributed by atoms with Gasteiger partial charge in [-0.2, -0.15) is 0 Å². The molecule has 0 aliphatic carbocycles. The molecule has 0 spiro atoms. The molecule has 0 aliphatic heterocycles. The van der Waals surface area contributed by atoms with Crippen molar-refractivity contribution >= 4 is 35.2 Å². The van der Waals surface area contributed by atoms with E-state index in [-0.39, 0.29) is 10.6 Å². The molecule has 2 N–H and O–H groups in total. The average Bonchev–Trinajstić information content (AvgIpc) is 2.44. The summed E-state index contributed by atoms with van der Waals surface area (Å²) in [4.78, 5) is 44.2. The zero-order valence-electron chi connectivity index (χ0n) is 11.4. The molecule has 0 fully saturated rings. The van der Waals surface area contributed by atoms with Crippen LogP contribution >= 0.6 is 11.6 Å². The minimum Gasteiger partial charge on any atom is -0.452 e. The van der Waals surface area contributed by atoms with Crippen molar-refractivity contribution in [3.8, 4) is 0 Å². The Morgan fingerprint density at radius 1 is 1.36 bits per heavy atom. The number of carbonyl (C=O) groups excluding carboxylic acids is 3. The Labute approximate surface area is 129 Å². The number of halogens is 1. The number of imide groups is 1. The van der Waals surface area contributed by atoms with Gasteiger partial charge in [0.05, 0.1) is 4.92 Å². The van der Waals surface area contributed by atoms with E-state index in [9.17, 15) is 24.5 Å². The third-order valence-corrected chi connectivity index (χ3v) is 2.54. The minimum atomic E-state index is -1.07. The van der Waals surface area contributed by atoms with Crippen LogP contribution in [-0.2, 0) is 9.53 Å². The van der Waals surface area contributed by atoms with Crippen molar-refractivity contribution in [2.75, 3.05) is 13.2 Å². The maximum atomic E-state index is 11.7. The Balaban J connectivity index is 2.68. The molecule has 1 rings (SSSR count). The highest BCUT2D eigenvalue weighted by Gasteiger charge is 2.22. The average molecular weight is 330 g/mol. The lowest BCUT2D eigenvalue weighted by Gasteiger charge is -2.06. The number of ether oxygens (including phenoxy) is 1. The van der Waals surface area contributed by atoms with Crippen LogP contribution in [0.5, 0.6) is 0 Å². The number of urea groups is 1. The second kappa shape index (κ2) is 7.93. The van der Waals surface area contributed by atoms with Crippen LogP contribution in [0.1, 0.15) is 17.3 Å². The van der Waals surface area contributed by atoms with Crippen molar-refractivity contribution in [1.82, 2.24) is 10.6 Å². The monoisotopic (exact) mass is 329 g/mol. The van der Waals surface area contributed by atoms with Crippen LogP contribution in [0.25, 0.3) is 0 Å². The van der Waals surface area contributed by atoms with Crippen LogP contribution in [0.2, 0.25) is 5.02 Å². The number of nitrogens with one attached hydrogen (secondary N) is 2. The number of carbonyl (C=O) groups is 3. The van der Waals surface area contributed by atoms with E-state index in [4.69, 9.17) is 11.6 Å². The molecule has 10 heteroatoms. The summed E-state index contributed by atoms with van der Waals surface area (Å²) in [5.74, 6) is -1.94. The molecule has 0 saturated heterocycles. The van der Waals surface area contributed by atoms with E-state index < -0.39 is 35.1 Å². The van der Waals surface area contributed by atoms with Gasteiger partial charge in [-0.15, -0.1) is 0 Å². The Morgan fingerprint density at radius 2 is 2.05 bits per heavy atom. The standard InChI is InChI=1S/C12H12ClN3O6/c1-2-14-12(19)15-10(17)6-22-11(18)8-4-3-7(13)5-9(8)16(20)21/h3-5H,2,6H2,1H3,(H2,14,15,17,19). The summed E-state index contributed by atoms with van der Waals surface area (Å²) in [5.41, 5.74) is -0.887. The third kappa shape index (κ3) is 5.02. The zero-order chi connectivity index (χ0) is 16.7. The van der Waals surface area contributed by atoms with Crippen molar-refractivity contribution < 1.29 is 24.0 Å². The summed E-state index contributed by atoms with van der Waals surface area (Å²) in [6.45, 7) is 1.22. The van der Waals surface area contributed by atoms with Gasteiger partial charge in [0, 0.05) is 17.6 Å². The maximum Gasteiger partial charge on any atom is 0.345 e. The molecule has 0 aromatic heterocycles. The molecule has 0 atom stereocenters. The summed E-state index contributed by atoms with van der Waals surface area (Å²) in [5, 5.41) is 15.1. The first-order valence-electron chi connectivity index (χ1n) is 6.04. The molecule has 1 aromatic carbocycles. The predicted octanol–water partition coefficient (Wildman–Crippen LogP) is 1.25. The molecule has 118 valence electrons. The number of esters is 1. The van der Waals surface area contributed by atoms with E-state index in [0.717, 1.165) is 12.1 Å². The van der Waals surface area contributed by atoms with Gasteiger partial charge in [0.25, 0.3) is 11.6 Å². The molecule has 0 heterocycles. The van der Waals surface area contributed by atoms with Crippen molar-refractivity contribution in [1.29, 1.82) is 0 Å². The second-order valence-corrected chi connectivity index (χ2v) is 4.34. The Bertz CT molecular complexity index is 619. The fourth-order valence-corrected chi connectivity index (χ4v) is 1.57. The highest BCUT2D eigenvalue weighted by Crippen LogP contribution is 2.23. The smallest absolute Gasteiger partial charge is 0.345 e. The summed E-state index contributed by atoms with van der Waals surface area (Å²) < 4.78 is 4.62. The van der Waals surface area contributed by atoms with Crippen LogP contribution in [0.15, 0.2) is 18.2 Å². The number of nitro benzene ring substituents is 1. The van der Waals surface area contributed by atoms with Crippen molar-refractivity contribution in [3.63, 3.8) is 0 Å². The predicted molar refractivity (Wildman–Crippen MR) is 75.6 cm³/mol. The number of hydrogen-bond donors (Lipinski definition) is 2. The summed E-state index contributed by atoms with van der Waals surface area (Å²) in [6.07, 6.45) is 0. The lowest BCUT2D eigenvalue weighted by atomic mass is 10.2. The number of amides is 3. The highest BCUT2D eigenvalue weighted by atomic mass is 35.5. The van der Waals surface area contributed by atoms with Crippen LogP contribution in [-0.4, -0.2) is 36.0 Å². The number of nitrogens with zero attached hydrogens (tertiary/aromatic N) is 1. The van der Waals surface area contributed by atoms with E-state index in [1.807, 2.05) is 5.32 Å². The fourth-order valence-electron chi connectivity index (χ4n) is 1.40. The van der Waals surface area contributed by atoms with Crippen LogP contribution in [0.3, 0.4) is 0 Å². The lowest BCUT2D eigenvalue weighted by Crippen LogP contribution is -2.41. The normalized spacial score (nSPS) is 9.73. The van der Waals surface area contributed by atoms with E-state index in [2.05, 4.69) is 10.1 Å². The van der Waals surface area contributed by atoms with E-state index in [1.54, 1.807) is 6.92 Å². The van der Waals surface area contributed by atoms with Crippen molar-refractivity contribution in [2.24, 2.45) is 0 Å². The van der Waals surface area contributed by atoms with Gasteiger partial charge >= 0.3 is 12.0 Å². The molecule has 0 bridgehead atoms. The number of hydrogen-bond acceptors (Lipinski definition) is 6. The van der Waals surface area contributed by atoms with Gasteiger partial charge in [-0.05, 0) is 19.1 Å². The first-order chi connectivity index (χ1) is 10.3. The molecule has 1 aromatic rings. The molecule has 0 radical (unpaired) electrons. The zero-order valence-corrected chi connectivity index (χ0v) is 12.2. The van der Waals surface area contributed by atoms with E-state index in [1.165, 1.54) is 6.07 Å². The van der Waals surface area contributed by atoms with Gasteiger partial charge in [0.15, 0.2) is 6.61 Å². The number of nitro groups is 1. The van der Waals surface area contributed by atoms with E-state index >= 15 is 0 Å². The van der Waals surface area contributed by atoms with E-state index in [0.29, 0.717) is 6.54 Å². The molecular formula is C12H12ClN3O6. The van der Waals surface area contributed by atoms with Gasteiger partial charge < -0.3 is 10.1 Å². The molecule has 0 saturated carbocycles. The van der Waals surface area contributed by atoms with Gasteiger partial charge in [0.1, 0.15) is 5.56 Å². The summed E-state index contributed by atoms with van der Waals surface area (Å²) >= 11 is 5.61. The highest BCUT2D eigenvalue weighted by molar-refractivity contribution is 6.31. The Kier molecular flexibility index (Phi) is 6.26. The minimum absolute atomic E-state index is 0.0808. The first kappa shape index (κ1) is 17.4. The Hall–Kier alpha value is -2.68. The third-order valence-electron chi connectivity index (χ3n) is 2.30. The lowest BCUT2D eigenvalue weighted by molar-refractivity contribution is -0.385. The van der Waals surface area contributed by atoms with Crippen LogP contribution in [0.4, 0.5) is 10.5 Å². The number of benzene rings is 1.